The fraction of sp³-hybridized carbons (Fsp3) is 0.136. The molecule has 0 fully saturated rings. The molecule has 156 valence electrons. The third kappa shape index (κ3) is 4.25. The zero-order chi connectivity index (χ0) is 21.8. The van der Waals surface area contributed by atoms with Crippen LogP contribution in [0.3, 0.4) is 0 Å². The molecule has 8 nitrogen and oxygen atoms in total. The Morgan fingerprint density at radius 2 is 1.84 bits per heavy atom. The number of nitrogens with one attached hydrogen (secondary N) is 1. The maximum atomic E-state index is 14.8. The van der Waals surface area contributed by atoms with Gasteiger partial charge in [0.2, 0.25) is 0 Å². The van der Waals surface area contributed by atoms with Crippen LogP contribution < -0.4 is 10.3 Å². The molecule has 1 N–H and O–H groups in total. The van der Waals surface area contributed by atoms with Crippen molar-refractivity contribution in [2.75, 3.05) is 0 Å². The van der Waals surface area contributed by atoms with Gasteiger partial charge in [-0.25, -0.2) is 14.4 Å². The highest BCUT2D eigenvalue weighted by molar-refractivity contribution is 5.93. The molecule has 0 atom stereocenters. The molecule has 0 saturated heterocycles. The van der Waals surface area contributed by atoms with Crippen LogP contribution >= 0.6 is 0 Å². The molecule has 0 unspecified atom stereocenters. The summed E-state index contributed by atoms with van der Waals surface area (Å²) in [6, 6.07) is 15.0. The number of hydroxylamine groups is 1. The molecule has 0 saturated carbocycles. The van der Waals surface area contributed by atoms with E-state index < -0.39 is 11.7 Å². The topological polar surface area (TPSA) is 94.8 Å². The molecular weight excluding hydrogens is 399 g/mol. The summed E-state index contributed by atoms with van der Waals surface area (Å²) in [5.41, 5.74) is 3.52. The van der Waals surface area contributed by atoms with Gasteiger partial charge in [0.05, 0.1) is 5.69 Å². The van der Waals surface area contributed by atoms with E-state index in [4.69, 9.17) is 4.84 Å². The number of aromatic nitrogens is 5. The van der Waals surface area contributed by atoms with Crippen molar-refractivity contribution in [2.45, 2.75) is 19.9 Å². The number of halogens is 1. The molecule has 0 aliphatic heterocycles. The van der Waals surface area contributed by atoms with Crippen LogP contribution in [-0.4, -0.2) is 30.6 Å². The summed E-state index contributed by atoms with van der Waals surface area (Å²) in [5, 5.41) is 8.08. The number of carbonyl (C=O) groups excluding carboxylic acids is 1. The molecule has 4 aromatic rings. The average molecular weight is 418 g/mol. The zero-order valence-electron chi connectivity index (χ0n) is 16.9. The Bertz CT molecular complexity index is 1210. The number of carbonyl (C=O) groups is 1. The molecule has 1 aromatic carbocycles. The van der Waals surface area contributed by atoms with E-state index in [-0.39, 0.29) is 23.2 Å². The number of rotatable bonds is 6. The van der Waals surface area contributed by atoms with Gasteiger partial charge in [-0.2, -0.15) is 5.48 Å². The van der Waals surface area contributed by atoms with Crippen molar-refractivity contribution in [1.82, 2.24) is 30.2 Å². The van der Waals surface area contributed by atoms with E-state index in [1.807, 2.05) is 18.4 Å². The number of amides is 1. The molecule has 0 bridgehead atoms. The second-order valence-corrected chi connectivity index (χ2v) is 6.94. The van der Waals surface area contributed by atoms with Crippen LogP contribution in [0.4, 0.5) is 4.39 Å². The minimum atomic E-state index is -0.589. The van der Waals surface area contributed by atoms with Crippen LogP contribution in [0.25, 0.3) is 22.8 Å². The third-order valence-electron chi connectivity index (χ3n) is 4.51. The Hall–Kier alpha value is -4.14. The van der Waals surface area contributed by atoms with Crippen molar-refractivity contribution in [3.63, 3.8) is 0 Å². The summed E-state index contributed by atoms with van der Waals surface area (Å²) in [4.78, 5) is 26.2. The van der Waals surface area contributed by atoms with Gasteiger partial charge in [-0.1, -0.05) is 24.3 Å². The molecule has 1 amide bonds. The second kappa shape index (κ2) is 8.70. The number of hydrogen-bond acceptors (Lipinski definition) is 6. The normalized spacial score (nSPS) is 10.8. The van der Waals surface area contributed by atoms with Crippen molar-refractivity contribution < 1.29 is 14.0 Å². The van der Waals surface area contributed by atoms with Crippen LogP contribution in [-0.2, 0) is 0 Å². The lowest BCUT2D eigenvalue weighted by Gasteiger charge is -2.12. The molecule has 3 heterocycles. The lowest BCUT2D eigenvalue weighted by atomic mass is 10.1. The van der Waals surface area contributed by atoms with Gasteiger partial charge < -0.3 is 9.40 Å². The molecule has 0 aliphatic rings. The first-order valence-corrected chi connectivity index (χ1v) is 9.58. The fourth-order valence-corrected chi connectivity index (χ4v) is 2.98. The Balaban J connectivity index is 1.66. The summed E-state index contributed by atoms with van der Waals surface area (Å²) < 4.78 is 16.6. The van der Waals surface area contributed by atoms with Crippen LogP contribution in [0.2, 0.25) is 0 Å². The Morgan fingerprint density at radius 3 is 2.61 bits per heavy atom. The first-order chi connectivity index (χ1) is 15.0. The third-order valence-corrected chi connectivity index (χ3v) is 4.51. The van der Waals surface area contributed by atoms with E-state index >= 15 is 0 Å². The molecule has 0 aliphatic carbocycles. The highest BCUT2D eigenvalue weighted by atomic mass is 19.1. The maximum Gasteiger partial charge on any atom is 0.283 e. The maximum absolute atomic E-state index is 14.8. The van der Waals surface area contributed by atoms with Crippen molar-refractivity contribution in [1.29, 1.82) is 0 Å². The molecule has 31 heavy (non-hydrogen) atoms. The van der Waals surface area contributed by atoms with Gasteiger partial charge in [0.25, 0.3) is 11.8 Å². The summed E-state index contributed by atoms with van der Waals surface area (Å²) in [6.45, 7) is 4.00. The summed E-state index contributed by atoms with van der Waals surface area (Å²) in [7, 11) is 0. The van der Waals surface area contributed by atoms with E-state index in [9.17, 15) is 9.18 Å². The van der Waals surface area contributed by atoms with Crippen LogP contribution in [0.15, 0.2) is 67.1 Å². The molecule has 0 spiro atoms. The molecule has 9 heteroatoms. The van der Waals surface area contributed by atoms with Crippen molar-refractivity contribution in [3.05, 3.63) is 78.5 Å². The van der Waals surface area contributed by atoms with Crippen molar-refractivity contribution in [3.8, 4) is 28.7 Å². The highest BCUT2D eigenvalue weighted by Crippen LogP contribution is 2.30. The average Bonchev–Trinajstić information content (AvgIpc) is 3.29. The van der Waals surface area contributed by atoms with Crippen molar-refractivity contribution in [2.24, 2.45) is 0 Å². The monoisotopic (exact) mass is 418 g/mol. The summed E-state index contributed by atoms with van der Waals surface area (Å²) in [5.74, 6) is -0.626. The van der Waals surface area contributed by atoms with Gasteiger partial charge in [-0.15, -0.1) is 10.2 Å². The van der Waals surface area contributed by atoms with Gasteiger partial charge >= 0.3 is 0 Å². The van der Waals surface area contributed by atoms with Crippen LogP contribution in [0.1, 0.15) is 30.2 Å². The van der Waals surface area contributed by atoms with E-state index in [1.165, 1.54) is 12.3 Å². The van der Waals surface area contributed by atoms with E-state index in [0.717, 1.165) is 0 Å². The van der Waals surface area contributed by atoms with Gasteiger partial charge in [-0.3, -0.25) is 4.79 Å². The Morgan fingerprint density at radius 1 is 1.06 bits per heavy atom. The Labute approximate surface area is 177 Å². The molecule has 4 rings (SSSR count). The Kier molecular flexibility index (Phi) is 5.65. The minimum Gasteiger partial charge on any atom is -0.358 e. The van der Waals surface area contributed by atoms with Crippen molar-refractivity contribution >= 4 is 5.91 Å². The lowest BCUT2D eigenvalue weighted by molar-refractivity contribution is 0.0751. The summed E-state index contributed by atoms with van der Waals surface area (Å²) in [6.07, 6.45) is 2.87. The van der Waals surface area contributed by atoms with Crippen LogP contribution in [0.5, 0.6) is 5.88 Å². The molecule has 3 aromatic heterocycles. The standard InChI is InChI=1S/C22H19FN6O2/c1-14(2)29-13-25-27-20(29)18-10-6-9-17(26-18)19-16(23)11-12-24-22(19)31-28-21(30)15-7-4-3-5-8-15/h3-14H,1-2H3,(H,28,30). The molecular formula is C22H19FN6O2. The SMILES string of the molecule is CC(C)n1cnnc1-c1cccc(-c2c(F)ccnc2ONC(=O)c2ccccc2)n1. The quantitative estimate of drug-likeness (QED) is 0.478. The summed E-state index contributed by atoms with van der Waals surface area (Å²) >= 11 is 0. The lowest BCUT2D eigenvalue weighted by Crippen LogP contribution is -2.27. The molecule has 0 radical (unpaired) electrons. The van der Waals surface area contributed by atoms with Gasteiger partial charge in [-0.05, 0) is 44.2 Å². The number of nitrogens with zero attached hydrogens (tertiary/aromatic N) is 5. The van der Waals surface area contributed by atoms with E-state index in [2.05, 4.69) is 25.6 Å². The smallest absolute Gasteiger partial charge is 0.283 e. The van der Waals surface area contributed by atoms with E-state index in [1.54, 1.807) is 54.9 Å². The highest BCUT2D eigenvalue weighted by Gasteiger charge is 2.19. The number of benzene rings is 1. The van der Waals surface area contributed by atoms with E-state index in [0.29, 0.717) is 17.1 Å². The van der Waals surface area contributed by atoms with Crippen LogP contribution in [0, 0.1) is 5.82 Å². The predicted octanol–water partition coefficient (Wildman–Crippen LogP) is 3.85. The number of pyridine rings is 2. The van der Waals surface area contributed by atoms with Gasteiger partial charge in [0.1, 0.15) is 23.4 Å². The predicted molar refractivity (Wildman–Crippen MR) is 111 cm³/mol. The fourth-order valence-electron chi connectivity index (χ4n) is 2.98. The second-order valence-electron chi connectivity index (χ2n) is 6.94. The largest absolute Gasteiger partial charge is 0.358 e. The van der Waals surface area contributed by atoms with Gasteiger partial charge in [0.15, 0.2) is 5.82 Å². The first-order valence-electron chi connectivity index (χ1n) is 9.58. The van der Waals surface area contributed by atoms with Gasteiger partial charge in [0, 0.05) is 17.8 Å². The zero-order valence-corrected chi connectivity index (χ0v) is 16.9. The number of hydrogen-bond donors (Lipinski definition) is 1. The minimum absolute atomic E-state index is 0.0216. The first kappa shape index (κ1) is 20.1.